The van der Waals surface area contributed by atoms with Gasteiger partial charge in [-0.15, -0.1) is 0 Å². The summed E-state index contributed by atoms with van der Waals surface area (Å²) in [5, 5.41) is 11.9. The van der Waals surface area contributed by atoms with Crippen LogP contribution in [0.5, 0.6) is 0 Å². The fourth-order valence-electron chi connectivity index (χ4n) is 4.20. The summed E-state index contributed by atoms with van der Waals surface area (Å²) in [6, 6.07) is 9.99. The van der Waals surface area contributed by atoms with Crippen molar-refractivity contribution in [3.8, 4) is 0 Å². The number of carbonyl (C=O) groups is 1. The molecule has 8 heteroatoms. The number of halogens is 2. The van der Waals surface area contributed by atoms with Crippen molar-refractivity contribution in [2.75, 3.05) is 6.67 Å². The summed E-state index contributed by atoms with van der Waals surface area (Å²) in [5.41, 5.74) is 5.76. The van der Waals surface area contributed by atoms with Crippen molar-refractivity contribution >= 4 is 45.5 Å². The molecule has 1 aliphatic carbocycles. The Bertz CT molecular complexity index is 1220. The zero-order valence-electron chi connectivity index (χ0n) is 20.0. The summed E-state index contributed by atoms with van der Waals surface area (Å²) in [6.07, 6.45) is 11.6. The molecule has 3 aromatic rings. The van der Waals surface area contributed by atoms with E-state index >= 15 is 0 Å². The molecular formula is C27H30BrFN4O2. The van der Waals surface area contributed by atoms with Crippen LogP contribution in [0.1, 0.15) is 62.3 Å². The number of alkyl halides is 1. The van der Waals surface area contributed by atoms with E-state index < -0.39 is 5.97 Å². The minimum Gasteiger partial charge on any atom is -0.481 e. The third-order valence-corrected chi connectivity index (χ3v) is 6.69. The second-order valence-electron chi connectivity index (χ2n) is 8.62. The van der Waals surface area contributed by atoms with E-state index in [1.807, 2.05) is 54.9 Å². The Balaban J connectivity index is 0.000000795. The predicted octanol–water partition coefficient (Wildman–Crippen LogP) is 6.97. The molecule has 1 aliphatic rings. The maximum atomic E-state index is 13.0. The van der Waals surface area contributed by atoms with Crippen LogP contribution in [0.3, 0.4) is 0 Å². The highest BCUT2D eigenvalue weighted by Crippen LogP contribution is 2.38. The van der Waals surface area contributed by atoms with Crippen LogP contribution in [-0.4, -0.2) is 39.1 Å². The van der Waals surface area contributed by atoms with Crippen molar-refractivity contribution in [2.24, 2.45) is 10.9 Å². The van der Waals surface area contributed by atoms with Crippen molar-refractivity contribution in [1.82, 2.24) is 14.6 Å². The van der Waals surface area contributed by atoms with Crippen molar-refractivity contribution < 1.29 is 14.3 Å². The predicted molar refractivity (Wildman–Crippen MR) is 142 cm³/mol. The molecule has 0 unspecified atom stereocenters. The Morgan fingerprint density at radius 1 is 1.23 bits per heavy atom. The Morgan fingerprint density at radius 3 is 2.49 bits per heavy atom. The van der Waals surface area contributed by atoms with Crippen LogP contribution in [0, 0.1) is 5.92 Å². The van der Waals surface area contributed by atoms with Gasteiger partial charge in [-0.1, -0.05) is 36.4 Å². The van der Waals surface area contributed by atoms with Crippen LogP contribution >= 0.6 is 15.9 Å². The molecule has 1 saturated carbocycles. The van der Waals surface area contributed by atoms with Crippen LogP contribution < -0.4 is 0 Å². The number of allylic oxidation sites excluding steroid dienone is 3. The summed E-state index contributed by atoms with van der Waals surface area (Å²) in [7, 11) is 0. The summed E-state index contributed by atoms with van der Waals surface area (Å²) in [6.45, 7) is 6.63. The number of carboxylic acids is 1. The molecule has 0 spiro atoms. The number of rotatable bonds is 6. The molecule has 0 radical (unpaired) electrons. The van der Waals surface area contributed by atoms with E-state index in [1.165, 1.54) is 0 Å². The Kier molecular flexibility index (Phi) is 9.48. The minimum atomic E-state index is -0.833. The minimum absolute atomic E-state index is 0.207. The monoisotopic (exact) mass is 540 g/mol. The van der Waals surface area contributed by atoms with Gasteiger partial charge in [0.05, 0.1) is 28.7 Å². The van der Waals surface area contributed by atoms with Crippen LogP contribution in [0.15, 0.2) is 64.3 Å². The molecule has 6 nitrogen and oxygen atoms in total. The summed E-state index contributed by atoms with van der Waals surface area (Å²) in [5.74, 6) is -0.276. The van der Waals surface area contributed by atoms with Gasteiger partial charge in [0, 0.05) is 30.2 Å². The number of nitrogens with zero attached hydrogens (tertiary/aromatic N) is 4. The first-order valence-electron chi connectivity index (χ1n) is 11.5. The number of aromatic nitrogens is 3. The molecule has 1 aromatic carbocycles. The average molecular weight is 541 g/mol. The van der Waals surface area contributed by atoms with Gasteiger partial charge in [-0.05, 0) is 72.8 Å². The molecular weight excluding hydrogens is 511 g/mol. The lowest BCUT2D eigenvalue weighted by atomic mass is 9.81. The molecule has 35 heavy (non-hydrogen) atoms. The standard InChI is InChI=1S/C25H26BrFN4.C2H4O2/c1-17(8-13-23(28-2)19-6-4-3-5-7-19)21-15-29-31-16-22(26)24(30-25(21)31)20-11-9-18(14-27)10-12-20;1-2(3)4/h3-8,13,15-16,18,20H,2,9-12,14H2,1H3;1H3,(H,3,4)/b17-8+,23-13-;. The number of benzene rings is 1. The maximum Gasteiger partial charge on any atom is 0.300 e. The molecule has 0 saturated heterocycles. The molecule has 0 atom stereocenters. The summed E-state index contributed by atoms with van der Waals surface area (Å²) < 4.78 is 15.8. The Morgan fingerprint density at radius 2 is 1.89 bits per heavy atom. The molecule has 0 amide bonds. The molecule has 4 rings (SSSR count). The second-order valence-corrected chi connectivity index (χ2v) is 9.47. The fourth-order valence-corrected chi connectivity index (χ4v) is 4.81. The first-order chi connectivity index (χ1) is 16.8. The van der Waals surface area contributed by atoms with Gasteiger partial charge in [-0.3, -0.25) is 14.2 Å². The smallest absolute Gasteiger partial charge is 0.300 e. The van der Waals surface area contributed by atoms with E-state index in [4.69, 9.17) is 14.9 Å². The number of hydrogen-bond donors (Lipinski definition) is 1. The van der Waals surface area contributed by atoms with Crippen LogP contribution in [-0.2, 0) is 4.79 Å². The number of hydrogen-bond acceptors (Lipinski definition) is 4. The highest BCUT2D eigenvalue weighted by atomic mass is 79.9. The molecule has 0 bridgehead atoms. The number of aliphatic carboxylic acids is 1. The Hall–Kier alpha value is -3.13. The fraction of sp³-hybridized carbons (Fsp3) is 0.333. The lowest BCUT2D eigenvalue weighted by molar-refractivity contribution is -0.134. The van der Waals surface area contributed by atoms with Gasteiger partial charge < -0.3 is 5.11 Å². The summed E-state index contributed by atoms with van der Waals surface area (Å²) in [4.78, 5) is 18.2. The van der Waals surface area contributed by atoms with Gasteiger partial charge in [-0.2, -0.15) is 5.10 Å². The van der Waals surface area contributed by atoms with Gasteiger partial charge in [0.1, 0.15) is 0 Å². The van der Waals surface area contributed by atoms with Gasteiger partial charge in [-0.25, -0.2) is 9.50 Å². The van der Waals surface area contributed by atoms with Crippen molar-refractivity contribution in [3.63, 3.8) is 0 Å². The molecule has 2 heterocycles. The lowest BCUT2D eigenvalue weighted by Crippen LogP contribution is -2.16. The van der Waals surface area contributed by atoms with Crippen molar-refractivity contribution in [2.45, 2.75) is 45.4 Å². The highest BCUT2D eigenvalue weighted by molar-refractivity contribution is 9.10. The van der Waals surface area contributed by atoms with Crippen LogP contribution in [0.4, 0.5) is 4.39 Å². The normalized spacial score (nSPS) is 18.6. The van der Waals surface area contributed by atoms with Gasteiger partial charge in [0.2, 0.25) is 0 Å². The van der Waals surface area contributed by atoms with Crippen molar-refractivity contribution in [3.05, 3.63) is 76.2 Å². The van der Waals surface area contributed by atoms with E-state index in [1.54, 1.807) is 4.52 Å². The first kappa shape index (κ1) is 26.5. The van der Waals surface area contributed by atoms with E-state index in [9.17, 15) is 4.39 Å². The number of fused-ring (bicyclic) bond motifs is 1. The molecule has 184 valence electrons. The van der Waals surface area contributed by atoms with Crippen LogP contribution in [0.2, 0.25) is 0 Å². The number of aliphatic imine (C=N–C) groups is 1. The van der Waals surface area contributed by atoms with E-state index in [0.29, 0.717) is 5.92 Å². The second kappa shape index (κ2) is 12.5. The largest absolute Gasteiger partial charge is 0.481 e. The molecule has 1 fully saturated rings. The summed E-state index contributed by atoms with van der Waals surface area (Å²) >= 11 is 3.68. The molecule has 2 aromatic heterocycles. The zero-order chi connectivity index (χ0) is 25.4. The van der Waals surface area contributed by atoms with E-state index in [-0.39, 0.29) is 12.6 Å². The third kappa shape index (κ3) is 6.94. The maximum absolute atomic E-state index is 13.0. The van der Waals surface area contributed by atoms with Crippen LogP contribution in [0.25, 0.3) is 16.9 Å². The molecule has 0 aliphatic heterocycles. The van der Waals surface area contributed by atoms with Crippen molar-refractivity contribution in [1.29, 1.82) is 0 Å². The zero-order valence-corrected chi connectivity index (χ0v) is 21.6. The quantitative estimate of drug-likeness (QED) is 0.270. The lowest BCUT2D eigenvalue weighted by Gasteiger charge is -2.27. The Labute approximate surface area is 213 Å². The van der Waals surface area contributed by atoms with Gasteiger partial charge in [0.25, 0.3) is 5.97 Å². The van der Waals surface area contributed by atoms with E-state index in [0.717, 1.165) is 70.8 Å². The first-order valence-corrected chi connectivity index (χ1v) is 12.3. The van der Waals surface area contributed by atoms with E-state index in [2.05, 4.69) is 39.7 Å². The highest BCUT2D eigenvalue weighted by Gasteiger charge is 2.25. The molecule has 1 N–H and O–H groups in total. The topological polar surface area (TPSA) is 79.8 Å². The van der Waals surface area contributed by atoms with Gasteiger partial charge >= 0.3 is 0 Å². The van der Waals surface area contributed by atoms with Gasteiger partial charge in [0.15, 0.2) is 5.65 Å². The average Bonchev–Trinajstić information content (AvgIpc) is 3.27. The SMILES string of the molecule is C=N/C(=C\C=C(/C)c1cnn2cc(Br)c(C3CCC(CF)CC3)nc12)c1ccccc1.CC(=O)O. The third-order valence-electron chi connectivity index (χ3n) is 6.08. The number of carboxylic acid groups (broad SMARTS) is 1.